The number of hydrogen-bond acceptors (Lipinski definition) is 6. The molecule has 2 heterocycles. The Bertz CT molecular complexity index is 1040. The van der Waals surface area contributed by atoms with Crippen LogP contribution in [0.1, 0.15) is 37.8 Å². The summed E-state index contributed by atoms with van der Waals surface area (Å²) in [5.41, 5.74) is 1.05. The normalized spacial score (nSPS) is 14.9. The van der Waals surface area contributed by atoms with Gasteiger partial charge in [0.05, 0.1) is 17.9 Å². The SMILES string of the molecule is CCc1cc(NC(=O)N([O-])S(=O)(=O)N(c2cnn(C)c2)C2CCOCC2)cc(CC)c1F. The number of aromatic nitrogens is 2. The lowest BCUT2D eigenvalue weighted by atomic mass is 10.0. The molecule has 0 unspecified atom stereocenters. The molecule has 3 rings (SSSR count). The van der Waals surface area contributed by atoms with E-state index in [-0.39, 0.29) is 17.2 Å². The molecule has 0 spiro atoms. The van der Waals surface area contributed by atoms with Crippen molar-refractivity contribution in [3.05, 3.63) is 46.7 Å². The summed E-state index contributed by atoms with van der Waals surface area (Å²) >= 11 is 0. The van der Waals surface area contributed by atoms with E-state index in [1.807, 2.05) is 0 Å². The zero-order valence-corrected chi connectivity index (χ0v) is 19.1. The molecular formula is C20H27FN5O5S-. The summed E-state index contributed by atoms with van der Waals surface area (Å²) in [5, 5.41) is 19.0. The van der Waals surface area contributed by atoms with Gasteiger partial charge in [-0.2, -0.15) is 13.5 Å². The molecule has 1 fully saturated rings. The van der Waals surface area contributed by atoms with Gasteiger partial charge in [-0.1, -0.05) is 13.8 Å². The van der Waals surface area contributed by atoms with Crippen LogP contribution in [0.2, 0.25) is 0 Å². The highest BCUT2D eigenvalue weighted by atomic mass is 32.2. The van der Waals surface area contributed by atoms with Crippen molar-refractivity contribution in [1.82, 2.24) is 14.2 Å². The summed E-state index contributed by atoms with van der Waals surface area (Å²) in [6.45, 7) is 4.18. The first-order chi connectivity index (χ1) is 15.2. The van der Waals surface area contributed by atoms with Gasteiger partial charge in [-0.3, -0.25) is 9.15 Å². The molecule has 0 saturated carbocycles. The number of aryl methyl sites for hydroxylation is 3. The lowest BCUT2D eigenvalue weighted by Crippen LogP contribution is -2.51. The van der Waals surface area contributed by atoms with Crippen molar-refractivity contribution in [1.29, 1.82) is 0 Å². The lowest BCUT2D eigenvalue weighted by molar-refractivity contribution is 0.0874. The first-order valence-electron chi connectivity index (χ1n) is 10.4. The van der Waals surface area contributed by atoms with Gasteiger partial charge in [0.2, 0.25) is 0 Å². The van der Waals surface area contributed by atoms with Gasteiger partial charge in [-0.25, -0.2) is 13.5 Å². The molecule has 10 nitrogen and oxygen atoms in total. The van der Waals surface area contributed by atoms with E-state index in [4.69, 9.17) is 4.74 Å². The Morgan fingerprint density at radius 2 is 1.88 bits per heavy atom. The Kier molecular flexibility index (Phi) is 7.36. The van der Waals surface area contributed by atoms with E-state index in [2.05, 4.69) is 10.4 Å². The molecule has 1 saturated heterocycles. The number of halogens is 1. The van der Waals surface area contributed by atoms with Crippen LogP contribution in [0.3, 0.4) is 0 Å². The zero-order chi connectivity index (χ0) is 23.5. The third-order valence-corrected chi connectivity index (χ3v) is 6.92. The first-order valence-corrected chi connectivity index (χ1v) is 11.8. The second kappa shape index (κ2) is 9.84. The second-order valence-electron chi connectivity index (χ2n) is 7.49. The van der Waals surface area contributed by atoms with Crippen LogP contribution in [-0.2, 0) is 34.8 Å². The predicted molar refractivity (Wildman–Crippen MR) is 118 cm³/mol. The van der Waals surface area contributed by atoms with Crippen molar-refractivity contribution >= 4 is 27.6 Å². The Balaban J connectivity index is 1.89. The van der Waals surface area contributed by atoms with Gasteiger partial charge in [-0.15, -0.1) is 0 Å². The summed E-state index contributed by atoms with van der Waals surface area (Å²) in [5.74, 6) is -0.373. The fourth-order valence-electron chi connectivity index (χ4n) is 3.66. The van der Waals surface area contributed by atoms with Crippen LogP contribution in [0.25, 0.3) is 0 Å². The number of hydroxylamine groups is 1. The molecule has 1 aliphatic rings. The van der Waals surface area contributed by atoms with Gasteiger partial charge < -0.3 is 15.3 Å². The van der Waals surface area contributed by atoms with E-state index >= 15 is 0 Å². The van der Waals surface area contributed by atoms with Crippen molar-refractivity contribution in [2.24, 2.45) is 7.05 Å². The van der Waals surface area contributed by atoms with E-state index in [1.165, 1.54) is 29.2 Å². The number of hydrogen-bond donors (Lipinski definition) is 1. The minimum absolute atomic E-state index is 0.153. The molecule has 2 amide bonds. The van der Waals surface area contributed by atoms with Crippen molar-refractivity contribution in [2.45, 2.75) is 45.6 Å². The van der Waals surface area contributed by atoms with Crippen LogP contribution < -0.4 is 9.62 Å². The van der Waals surface area contributed by atoms with Crippen molar-refractivity contribution < 1.29 is 22.3 Å². The predicted octanol–water partition coefficient (Wildman–Crippen LogP) is 2.95. The lowest BCUT2D eigenvalue weighted by Gasteiger charge is -2.39. The van der Waals surface area contributed by atoms with Gasteiger partial charge in [0.15, 0.2) is 0 Å². The number of nitrogens with zero attached hydrogens (tertiary/aromatic N) is 4. The summed E-state index contributed by atoms with van der Waals surface area (Å²) < 4.78 is 47.8. The molecule has 1 aromatic carbocycles. The standard InChI is InChI=1S/C20H27FN5O5S/c1-4-14-10-16(11-15(5-2)19(14)21)23-20(27)26(28)32(29,30)25(17-6-8-31-9-7-17)18-12-22-24(3)13-18/h10-13,17H,4-9H2,1-3H3,(H,23,27)/q-1. The largest absolute Gasteiger partial charge is 0.740 e. The third-order valence-electron chi connectivity index (χ3n) is 5.33. The molecule has 176 valence electrons. The smallest absolute Gasteiger partial charge is 0.326 e. The maximum absolute atomic E-state index is 14.3. The van der Waals surface area contributed by atoms with Crippen LogP contribution in [0.5, 0.6) is 0 Å². The van der Waals surface area contributed by atoms with Crippen molar-refractivity contribution in [3.8, 4) is 0 Å². The van der Waals surface area contributed by atoms with Crippen LogP contribution in [0, 0.1) is 11.0 Å². The number of carbonyl (C=O) groups excluding carboxylic acids is 1. The van der Waals surface area contributed by atoms with E-state index in [9.17, 15) is 22.8 Å². The second-order valence-corrected chi connectivity index (χ2v) is 9.11. The molecule has 0 bridgehead atoms. The molecule has 0 radical (unpaired) electrons. The fraction of sp³-hybridized carbons (Fsp3) is 0.500. The van der Waals surface area contributed by atoms with Crippen molar-refractivity contribution in [2.75, 3.05) is 22.8 Å². The van der Waals surface area contributed by atoms with E-state index < -0.39 is 26.8 Å². The topological polar surface area (TPSA) is 120 Å². The van der Waals surface area contributed by atoms with Gasteiger partial charge >= 0.3 is 16.2 Å². The van der Waals surface area contributed by atoms with E-state index in [1.54, 1.807) is 20.9 Å². The summed E-state index contributed by atoms with van der Waals surface area (Å²) in [4.78, 5) is 12.6. The van der Waals surface area contributed by atoms with Gasteiger partial charge in [0.25, 0.3) is 0 Å². The summed E-state index contributed by atoms with van der Waals surface area (Å²) in [6.07, 6.45) is 4.25. The van der Waals surface area contributed by atoms with Crippen LogP contribution in [0.4, 0.5) is 20.6 Å². The average molecular weight is 469 g/mol. The maximum atomic E-state index is 14.3. The van der Waals surface area contributed by atoms with Gasteiger partial charge in [0, 0.05) is 32.1 Å². The number of ether oxygens (including phenoxy) is 1. The first kappa shape index (κ1) is 24.0. The Morgan fingerprint density at radius 1 is 1.28 bits per heavy atom. The molecule has 1 N–H and O–H groups in total. The fourth-order valence-corrected chi connectivity index (χ4v) is 5.03. The maximum Gasteiger partial charge on any atom is 0.326 e. The number of anilines is 2. The molecule has 12 heteroatoms. The number of carbonyl (C=O) groups is 1. The van der Waals surface area contributed by atoms with Crippen LogP contribution in [0.15, 0.2) is 24.5 Å². The average Bonchev–Trinajstić information content (AvgIpc) is 3.20. The number of rotatable bonds is 7. The summed E-state index contributed by atoms with van der Waals surface area (Å²) in [6, 6.07) is 0.835. The number of benzene rings is 1. The highest BCUT2D eigenvalue weighted by Crippen LogP contribution is 2.28. The number of urea groups is 1. The van der Waals surface area contributed by atoms with Gasteiger partial charge in [-0.05, 0) is 48.9 Å². The monoisotopic (exact) mass is 468 g/mol. The summed E-state index contributed by atoms with van der Waals surface area (Å²) in [7, 11) is -3.17. The highest BCUT2D eigenvalue weighted by Gasteiger charge is 2.35. The van der Waals surface area contributed by atoms with Crippen molar-refractivity contribution in [3.63, 3.8) is 0 Å². The molecule has 2 aromatic rings. The molecule has 1 aliphatic heterocycles. The Hall–Kier alpha value is -2.70. The molecule has 0 aliphatic carbocycles. The van der Waals surface area contributed by atoms with E-state index in [0.717, 1.165) is 4.31 Å². The quantitative estimate of drug-likeness (QED) is 0.624. The minimum atomic E-state index is -4.78. The van der Waals surface area contributed by atoms with Crippen LogP contribution >= 0.6 is 0 Å². The van der Waals surface area contributed by atoms with Gasteiger partial charge in [0.1, 0.15) is 5.82 Å². The Morgan fingerprint density at radius 3 is 2.38 bits per heavy atom. The number of amides is 2. The van der Waals surface area contributed by atoms with Crippen LogP contribution in [-0.4, -0.2) is 48.0 Å². The minimum Gasteiger partial charge on any atom is -0.740 e. The highest BCUT2D eigenvalue weighted by molar-refractivity contribution is 7.91. The molecule has 1 aromatic heterocycles. The third kappa shape index (κ3) is 4.87. The Labute approximate surface area is 186 Å². The number of nitrogens with one attached hydrogen (secondary N) is 1. The molecular weight excluding hydrogens is 441 g/mol. The zero-order valence-electron chi connectivity index (χ0n) is 18.2. The van der Waals surface area contributed by atoms with E-state index in [0.29, 0.717) is 50.0 Å². The molecule has 0 atom stereocenters. The molecule has 32 heavy (non-hydrogen) atoms.